The first-order chi connectivity index (χ1) is 48.2. The van der Waals surface area contributed by atoms with E-state index < -0.39 is 169 Å². The minimum atomic E-state index is -4.98. The van der Waals surface area contributed by atoms with E-state index in [-0.39, 0.29) is 87.3 Å². The fourth-order valence-electron chi connectivity index (χ4n) is 11.7. The Morgan fingerprint density at radius 2 is 0.921 bits per heavy atom. The topological polar surface area (TPSA) is 436 Å². The van der Waals surface area contributed by atoms with Gasteiger partial charge in [0.2, 0.25) is 17.7 Å². The molecule has 101 heavy (non-hydrogen) atoms. The summed E-state index contributed by atoms with van der Waals surface area (Å²) in [5.41, 5.74) is 0. The maximum Gasteiger partial charge on any atom is 1.00 e. The number of aliphatic hydroxyl groups is 9. The maximum atomic E-state index is 12.9. The smallest absolute Gasteiger partial charge is 0.756 e. The molecule has 0 radical (unpaired) electrons. The number of unbranched alkanes of at least 4 members (excludes halogenated alkanes) is 23. The monoisotopic (exact) mass is 1480 g/mol. The number of phosphoric ester groups is 1. The van der Waals surface area contributed by atoms with Crippen LogP contribution in [0.25, 0.3) is 0 Å². The average molecular weight is 1480 g/mol. The molecule has 582 valence electrons. The molecule has 0 saturated carbocycles. The van der Waals surface area contributed by atoms with Gasteiger partial charge < -0.3 is 114 Å². The Morgan fingerprint density at radius 1 is 0.475 bits per heavy atom. The second kappa shape index (κ2) is 57.5. The Hall–Kier alpha value is -2.66. The molecule has 0 aromatic rings. The van der Waals surface area contributed by atoms with Gasteiger partial charge in [-0.05, 0) is 83.5 Å². The molecule has 17 atom stereocenters. The van der Waals surface area contributed by atoms with Gasteiger partial charge in [-0.25, -0.2) is 0 Å². The van der Waals surface area contributed by atoms with Crippen molar-refractivity contribution in [1.29, 1.82) is 0 Å². The predicted octanol–water partition coefficient (Wildman–Crippen LogP) is 1.81. The molecule has 0 spiro atoms. The number of carbonyl (C=O) groups is 5. The maximum absolute atomic E-state index is 12.9. The number of rotatable bonds is 58. The molecular formula is C70H125N3NaO26P. The minimum absolute atomic E-state index is 0. The number of amides is 3. The molecule has 0 bridgehead atoms. The summed E-state index contributed by atoms with van der Waals surface area (Å²) >= 11 is 0. The fourth-order valence-corrected chi connectivity index (χ4v) is 12.4. The zero-order chi connectivity index (χ0) is 73.3. The summed E-state index contributed by atoms with van der Waals surface area (Å²) in [4.78, 5) is 76.0. The third kappa shape index (κ3) is 40.8. The molecule has 0 aliphatic carbocycles. The number of aliphatic hydroxyl groups excluding tert-OH is 9. The van der Waals surface area contributed by atoms with Crippen molar-refractivity contribution in [3.63, 3.8) is 0 Å². The molecule has 29 nitrogen and oxygen atoms in total. The summed E-state index contributed by atoms with van der Waals surface area (Å²) in [5, 5.41) is 103. The van der Waals surface area contributed by atoms with Crippen molar-refractivity contribution in [3.05, 3.63) is 24.3 Å². The van der Waals surface area contributed by atoms with Gasteiger partial charge >= 0.3 is 41.5 Å². The third-order valence-electron chi connectivity index (χ3n) is 17.6. The fraction of sp³-hybridized carbons (Fsp3) is 0.871. The van der Waals surface area contributed by atoms with E-state index in [0.717, 1.165) is 84.0 Å². The van der Waals surface area contributed by atoms with Crippen LogP contribution in [0.3, 0.4) is 0 Å². The van der Waals surface area contributed by atoms with Crippen LogP contribution in [0.2, 0.25) is 0 Å². The van der Waals surface area contributed by atoms with E-state index in [1.54, 1.807) is 0 Å². The van der Waals surface area contributed by atoms with Gasteiger partial charge in [-0.1, -0.05) is 141 Å². The van der Waals surface area contributed by atoms with Crippen molar-refractivity contribution in [2.24, 2.45) is 0 Å². The second-order valence-electron chi connectivity index (χ2n) is 26.2. The summed E-state index contributed by atoms with van der Waals surface area (Å²) in [5.74, 6) is -2.48. The molecule has 0 aromatic carbocycles. The van der Waals surface area contributed by atoms with Crippen LogP contribution in [0.1, 0.15) is 233 Å². The number of hydrogen-bond donors (Lipinski definition) is 12. The number of esters is 2. The molecule has 31 heteroatoms. The van der Waals surface area contributed by atoms with Crippen LogP contribution in [0, 0.1) is 0 Å². The van der Waals surface area contributed by atoms with Gasteiger partial charge in [0.25, 0.3) is 7.82 Å². The zero-order valence-electron chi connectivity index (χ0n) is 60.7. The predicted molar refractivity (Wildman–Crippen MR) is 365 cm³/mol. The Bertz CT molecular complexity index is 2300. The van der Waals surface area contributed by atoms with Crippen LogP contribution in [-0.4, -0.2) is 233 Å². The Kier molecular flexibility index (Phi) is 53.8. The quantitative estimate of drug-likeness (QED) is 0.0136. The van der Waals surface area contributed by atoms with Crippen molar-refractivity contribution >= 4 is 37.5 Å². The van der Waals surface area contributed by atoms with Crippen LogP contribution < -0.4 is 50.4 Å². The van der Waals surface area contributed by atoms with Crippen molar-refractivity contribution in [1.82, 2.24) is 16.0 Å². The van der Waals surface area contributed by atoms with Gasteiger partial charge in [0.15, 0.2) is 25.0 Å². The van der Waals surface area contributed by atoms with E-state index in [9.17, 15) is 79.4 Å². The summed E-state index contributed by atoms with van der Waals surface area (Å²) in [6, 6.07) is -1.37. The molecule has 12 N–H and O–H groups in total. The van der Waals surface area contributed by atoms with Crippen molar-refractivity contribution < 1.29 is 156 Å². The Balaban J connectivity index is 0.0000347. The van der Waals surface area contributed by atoms with E-state index in [1.165, 1.54) is 77.0 Å². The summed E-state index contributed by atoms with van der Waals surface area (Å²) in [7, 11) is -4.98. The number of allylic oxidation sites excluding steroid dienone is 4. The molecule has 3 fully saturated rings. The van der Waals surface area contributed by atoms with E-state index >= 15 is 0 Å². The first-order valence-corrected chi connectivity index (χ1v) is 38.5. The van der Waals surface area contributed by atoms with E-state index in [2.05, 4.69) is 54.1 Å². The van der Waals surface area contributed by atoms with Gasteiger partial charge in [-0.2, -0.15) is 0 Å². The Labute approximate surface area is 620 Å². The molecule has 1 unspecified atom stereocenters. The minimum Gasteiger partial charge on any atom is -0.756 e. The molecule has 3 amide bonds. The normalized spacial score (nSPS) is 26.2. The zero-order valence-corrected chi connectivity index (χ0v) is 63.6. The number of hydrogen-bond acceptors (Lipinski definition) is 26. The second-order valence-corrected chi connectivity index (χ2v) is 27.6. The van der Waals surface area contributed by atoms with Crippen molar-refractivity contribution in [2.75, 3.05) is 59.3 Å². The van der Waals surface area contributed by atoms with Gasteiger partial charge in [0.05, 0.1) is 39.6 Å². The Morgan fingerprint density at radius 3 is 1.44 bits per heavy atom. The largest absolute Gasteiger partial charge is 1.00 e. The van der Waals surface area contributed by atoms with Gasteiger partial charge in [-0.15, -0.1) is 0 Å². The van der Waals surface area contributed by atoms with Gasteiger partial charge in [-0.3, -0.25) is 28.5 Å². The van der Waals surface area contributed by atoms with Gasteiger partial charge in [0.1, 0.15) is 79.8 Å². The third-order valence-corrected chi connectivity index (χ3v) is 18.5. The molecule has 3 aliphatic heterocycles. The molecular weight excluding hydrogens is 1350 g/mol. The van der Waals surface area contributed by atoms with Crippen LogP contribution in [-0.2, 0) is 75.5 Å². The standard InChI is InChI=1S/C70H126N3O26P.Na/c1-4-6-8-10-12-14-16-18-20-22-24-26-28-30-32-39-57(80)91-48-51(94-58(81)40-33-31-29-27-25-23-21-19-17-15-13-11-9-7-5-2)49-93-100(88,89)92-44-42-72-56(79)38-35-34-37-55(78)71-41-36-43-90-68-59(73-50(3)77)62(84)66(54(47-76)97-68)98-70-65(87)67(61(83)53(46-75)96-70)99-69-64(86)63(85)60(82)52(45-74)95-69;/h18-21,51-54,59-70,74-76,82-87H,4-17,22-49H2,1-3H3,(H,71,78)(H,72,79)(H,73,77)(H,88,89);/q;+1/p-1/b20-18-,21-19-;/t51-,52-,53-,54-,59-,60+,61+,62-,63+,64-,65-,66-,67+,68-,69-,70+;/m1./s1. The summed E-state index contributed by atoms with van der Waals surface area (Å²) in [6.45, 7) is 1.37. The summed E-state index contributed by atoms with van der Waals surface area (Å²) in [6.07, 6.45) is 13.8. The number of nitrogens with one attached hydrogen (secondary N) is 3. The summed E-state index contributed by atoms with van der Waals surface area (Å²) < 4.78 is 68.0. The number of ether oxygens (including phenoxy) is 8. The van der Waals surface area contributed by atoms with Crippen molar-refractivity contribution in [3.8, 4) is 0 Å². The van der Waals surface area contributed by atoms with Crippen LogP contribution >= 0.6 is 7.82 Å². The van der Waals surface area contributed by atoms with E-state index in [4.69, 9.17) is 46.9 Å². The number of carbonyl (C=O) groups excluding carboxylic acids is 5. The molecule has 3 aliphatic rings. The SMILES string of the molecule is CCCCCCCC/C=C\CCCCCCCC(=O)OC[C@H](COP(=O)([O-])OCCNC(=O)CCCCC(=O)NCCCO[C@@H]1O[C@H](CO)[C@@H](O[C@@H]2O[C@H](CO)[C@H](O)[C@H](O[C@H]3O[C@H](CO)[C@H](O)[C@H](O)[C@H]3O)[C@H]2O)[C@H](O)[C@H]1NC(C)=O)OC(=O)CCCCCCC/C=C\CCCCCCCC.[Na+]. The first-order valence-electron chi connectivity index (χ1n) is 37.1. The van der Waals surface area contributed by atoms with Gasteiger partial charge in [0, 0.05) is 45.7 Å². The molecule has 3 saturated heterocycles. The molecule has 3 rings (SSSR count). The average Bonchev–Trinajstić information content (AvgIpc) is 0.781. The van der Waals surface area contributed by atoms with Crippen LogP contribution in [0.5, 0.6) is 0 Å². The van der Waals surface area contributed by atoms with Crippen LogP contribution in [0.15, 0.2) is 24.3 Å². The van der Waals surface area contributed by atoms with Crippen LogP contribution in [0.4, 0.5) is 0 Å². The first kappa shape index (κ1) is 94.4. The van der Waals surface area contributed by atoms with Crippen molar-refractivity contribution in [2.45, 2.75) is 331 Å². The molecule has 3 heterocycles. The van der Waals surface area contributed by atoms with E-state index in [1.807, 2.05) is 0 Å². The number of phosphoric acid groups is 1. The van der Waals surface area contributed by atoms with E-state index in [0.29, 0.717) is 25.7 Å². The molecule has 0 aromatic heterocycles.